The third kappa shape index (κ3) is 18.9. The first-order valence-electron chi connectivity index (χ1n) is 12.4. The Hall–Kier alpha value is -0.360. The first-order chi connectivity index (χ1) is 14.5. The van der Waals surface area contributed by atoms with Crippen molar-refractivity contribution >= 4 is 0 Å². The van der Waals surface area contributed by atoms with Gasteiger partial charge in [0.1, 0.15) is 12.3 Å². The fraction of sp³-hybridized carbons (Fsp3) is 1.00. The Labute approximate surface area is 192 Å². The monoisotopic (exact) mass is 458 g/mol. The molecule has 2 aliphatic rings. The van der Waals surface area contributed by atoms with Crippen LogP contribution in [0.1, 0.15) is 82.1 Å². The van der Waals surface area contributed by atoms with Gasteiger partial charge in [0.15, 0.2) is 0 Å². The smallest absolute Gasteiger partial charge is 0.251 e. The average Bonchev–Trinajstić information content (AvgIpc) is 3.19. The highest BCUT2D eigenvalue weighted by Crippen LogP contribution is 2.26. The van der Waals surface area contributed by atoms with Crippen LogP contribution in [0.25, 0.3) is 0 Å². The molecule has 0 aliphatic carbocycles. The maximum Gasteiger partial charge on any atom is 0.251 e. The van der Waals surface area contributed by atoms with E-state index in [2.05, 4.69) is 20.8 Å². The minimum Gasteiger partial charge on any atom is -0.303 e. The summed E-state index contributed by atoms with van der Waals surface area (Å²) >= 11 is 0. The molecule has 0 radical (unpaired) electrons. The summed E-state index contributed by atoms with van der Waals surface area (Å²) < 4.78 is 49.7. The summed E-state index contributed by atoms with van der Waals surface area (Å²) in [5.74, 6) is 1.31. The summed E-state index contributed by atoms with van der Waals surface area (Å²) in [4.78, 5) is 3.54. The van der Waals surface area contributed by atoms with Crippen molar-refractivity contribution in [2.75, 3.05) is 39.8 Å². The highest BCUT2D eigenvalue weighted by atomic mass is 19.3. The Morgan fingerprint density at radius 3 is 1.55 bits per heavy atom. The molecule has 0 aromatic heterocycles. The quantitative estimate of drug-likeness (QED) is 0.392. The predicted octanol–water partition coefficient (Wildman–Crippen LogP) is 7.58. The lowest BCUT2D eigenvalue weighted by Gasteiger charge is -2.16. The zero-order chi connectivity index (χ0) is 25.1. The van der Waals surface area contributed by atoms with Crippen LogP contribution in [0.5, 0.6) is 0 Å². The molecule has 0 spiro atoms. The maximum atomic E-state index is 13.3. The summed E-state index contributed by atoms with van der Waals surface area (Å²) in [5, 5.41) is 0. The van der Waals surface area contributed by atoms with E-state index in [1.807, 2.05) is 60.4 Å². The minimum atomic E-state index is -2.35. The molecule has 4 unspecified atom stereocenters. The third-order valence-corrected chi connectivity index (χ3v) is 5.19. The topological polar surface area (TPSA) is 6.48 Å². The second kappa shape index (κ2) is 21.5. The maximum absolute atomic E-state index is 13.3. The van der Waals surface area contributed by atoms with E-state index < -0.39 is 18.8 Å². The van der Waals surface area contributed by atoms with E-state index in [0.717, 1.165) is 12.5 Å². The first-order valence-corrected chi connectivity index (χ1v) is 12.4. The lowest BCUT2D eigenvalue weighted by molar-refractivity contribution is 0.0956. The van der Waals surface area contributed by atoms with Gasteiger partial charge in [-0.05, 0) is 18.9 Å². The second-order valence-electron chi connectivity index (χ2n) is 8.93. The van der Waals surface area contributed by atoms with Gasteiger partial charge < -0.3 is 4.90 Å². The highest BCUT2D eigenvalue weighted by molar-refractivity contribution is 4.85. The fourth-order valence-corrected chi connectivity index (χ4v) is 3.58. The van der Waals surface area contributed by atoms with Crippen molar-refractivity contribution in [1.82, 2.24) is 9.80 Å². The molecule has 0 N–H and O–H groups in total. The highest BCUT2D eigenvalue weighted by Gasteiger charge is 2.35. The van der Waals surface area contributed by atoms with Crippen LogP contribution in [0, 0.1) is 23.7 Å². The van der Waals surface area contributed by atoms with E-state index in [1.165, 1.54) is 17.7 Å². The Morgan fingerprint density at radius 1 is 0.839 bits per heavy atom. The van der Waals surface area contributed by atoms with E-state index in [-0.39, 0.29) is 30.8 Å². The van der Waals surface area contributed by atoms with Crippen molar-refractivity contribution in [1.29, 1.82) is 0 Å². The van der Waals surface area contributed by atoms with Crippen LogP contribution in [0.3, 0.4) is 0 Å². The van der Waals surface area contributed by atoms with E-state index in [0.29, 0.717) is 13.1 Å². The van der Waals surface area contributed by atoms with Crippen molar-refractivity contribution in [2.45, 2.75) is 101 Å². The van der Waals surface area contributed by atoms with Crippen molar-refractivity contribution in [3.05, 3.63) is 0 Å². The van der Waals surface area contributed by atoms with E-state index in [1.54, 1.807) is 0 Å². The molecule has 4 atom stereocenters. The molecule has 192 valence electrons. The largest absolute Gasteiger partial charge is 0.303 e. The molecule has 6 heteroatoms. The molecular weight excluding hydrogens is 404 g/mol. The van der Waals surface area contributed by atoms with Crippen molar-refractivity contribution in [3.8, 4) is 0 Å². The van der Waals surface area contributed by atoms with Crippen LogP contribution in [0.2, 0.25) is 0 Å². The van der Waals surface area contributed by atoms with Gasteiger partial charge in [-0.2, -0.15) is 0 Å². The van der Waals surface area contributed by atoms with E-state index in [4.69, 9.17) is 0 Å². The Balaban J connectivity index is -0.000000375. The zero-order valence-corrected chi connectivity index (χ0v) is 22.4. The van der Waals surface area contributed by atoms with E-state index in [9.17, 15) is 17.6 Å². The SMILES string of the molecule is CC.CC.CC(C)C1CN(CC(F)F)CC1F.CC1CN(C)CC1F.CCCC(C)C. The van der Waals surface area contributed by atoms with Gasteiger partial charge in [0.2, 0.25) is 0 Å². The van der Waals surface area contributed by atoms with Crippen LogP contribution in [0.15, 0.2) is 0 Å². The van der Waals surface area contributed by atoms with Crippen LogP contribution in [0.4, 0.5) is 17.6 Å². The van der Waals surface area contributed by atoms with Gasteiger partial charge in [-0.3, -0.25) is 4.90 Å². The number of halogens is 4. The van der Waals surface area contributed by atoms with Gasteiger partial charge in [-0.15, -0.1) is 0 Å². The molecule has 0 bridgehead atoms. The molecule has 2 saturated heterocycles. The molecule has 2 nitrogen and oxygen atoms in total. The molecule has 0 aromatic carbocycles. The number of rotatable bonds is 5. The van der Waals surface area contributed by atoms with Crippen LogP contribution in [-0.2, 0) is 0 Å². The number of likely N-dealkylation sites (tertiary alicyclic amines) is 2. The Bertz CT molecular complexity index is 357. The van der Waals surface area contributed by atoms with Gasteiger partial charge in [-0.1, -0.05) is 82.1 Å². The molecule has 31 heavy (non-hydrogen) atoms. The minimum absolute atomic E-state index is 0.0706. The average molecular weight is 459 g/mol. The lowest BCUT2D eigenvalue weighted by Crippen LogP contribution is -2.27. The fourth-order valence-electron chi connectivity index (χ4n) is 3.58. The number of hydrogen-bond acceptors (Lipinski definition) is 2. The zero-order valence-electron chi connectivity index (χ0n) is 22.4. The van der Waals surface area contributed by atoms with Gasteiger partial charge in [0.05, 0.1) is 6.54 Å². The normalized spacial score (nSPS) is 25.7. The summed E-state index contributed by atoms with van der Waals surface area (Å²) in [6.07, 6.45) is -1.16. The van der Waals surface area contributed by atoms with E-state index >= 15 is 0 Å². The summed E-state index contributed by atoms with van der Waals surface area (Å²) in [6.45, 7) is 22.5. The van der Waals surface area contributed by atoms with Gasteiger partial charge in [0, 0.05) is 38.0 Å². The summed E-state index contributed by atoms with van der Waals surface area (Å²) in [5.41, 5.74) is 0. The predicted molar refractivity (Wildman–Crippen MR) is 130 cm³/mol. The molecule has 0 amide bonds. The summed E-state index contributed by atoms with van der Waals surface area (Å²) in [6, 6.07) is 0. The first kappa shape index (κ1) is 35.2. The number of alkyl halides is 4. The van der Waals surface area contributed by atoms with Gasteiger partial charge >= 0.3 is 0 Å². The molecular formula is C25H54F4N2. The Morgan fingerprint density at radius 2 is 1.35 bits per heavy atom. The molecule has 2 fully saturated rings. The molecule has 0 saturated carbocycles. The van der Waals surface area contributed by atoms with Gasteiger partial charge in [0.25, 0.3) is 6.43 Å². The Kier molecular flexibility index (Phi) is 24.4. The lowest BCUT2D eigenvalue weighted by atomic mass is 9.94. The standard InChI is InChI=1S/C9H16F3N.C6H12FN.C6H14.2C2H6/c1-6(2)7-3-13(4-8(7)10)5-9(11)12;1-5-3-8(2)4-6(5)7;1-4-5-6(2)3;2*1-2/h6-9H,3-5H2,1-2H3;5-6H,3-4H2,1-2H3;6H,4-5H2,1-3H3;2*1-2H3. The van der Waals surface area contributed by atoms with Crippen molar-refractivity contribution in [2.24, 2.45) is 23.7 Å². The number of nitrogens with zero attached hydrogens (tertiary/aromatic N) is 2. The molecule has 2 aliphatic heterocycles. The third-order valence-electron chi connectivity index (χ3n) is 5.19. The molecule has 0 aromatic rings. The van der Waals surface area contributed by atoms with Gasteiger partial charge in [-0.25, -0.2) is 17.6 Å². The van der Waals surface area contributed by atoms with Crippen molar-refractivity contribution < 1.29 is 17.6 Å². The molecule has 2 rings (SSSR count). The number of hydrogen-bond donors (Lipinski definition) is 0. The van der Waals surface area contributed by atoms with Crippen molar-refractivity contribution in [3.63, 3.8) is 0 Å². The molecule has 2 heterocycles. The second-order valence-corrected chi connectivity index (χ2v) is 8.93. The summed E-state index contributed by atoms with van der Waals surface area (Å²) in [7, 11) is 1.95. The van der Waals surface area contributed by atoms with Crippen LogP contribution >= 0.6 is 0 Å². The van der Waals surface area contributed by atoms with Crippen LogP contribution < -0.4 is 0 Å². The van der Waals surface area contributed by atoms with Crippen LogP contribution in [-0.4, -0.2) is 68.3 Å².